The second-order valence-electron chi connectivity index (χ2n) is 3.69. The number of methoxy groups -OCH3 is 1. The summed E-state index contributed by atoms with van der Waals surface area (Å²) in [4.78, 5) is 12.6. The van der Waals surface area contributed by atoms with Crippen LogP contribution in [0.5, 0.6) is 0 Å². The van der Waals surface area contributed by atoms with Crippen LogP contribution in [0.1, 0.15) is 19.8 Å². The molecule has 0 aromatic rings. The summed E-state index contributed by atoms with van der Waals surface area (Å²) >= 11 is 0. The van der Waals surface area contributed by atoms with E-state index in [1.54, 1.807) is 11.9 Å². The molecule has 90 valence electrons. The third-order valence-electron chi connectivity index (χ3n) is 2.24. The van der Waals surface area contributed by atoms with Gasteiger partial charge < -0.3 is 14.9 Å². The summed E-state index contributed by atoms with van der Waals surface area (Å²) in [5.74, 6) is -0.844. The first-order chi connectivity index (χ1) is 7.02. The van der Waals surface area contributed by atoms with Gasteiger partial charge in [-0.05, 0) is 13.5 Å². The van der Waals surface area contributed by atoms with E-state index in [1.165, 1.54) is 7.11 Å². The van der Waals surface area contributed by atoms with Gasteiger partial charge in [-0.1, -0.05) is 13.3 Å². The number of nitrogens with zero attached hydrogens (tertiary/aromatic N) is 1. The van der Waals surface area contributed by atoms with Gasteiger partial charge in [-0.25, -0.2) is 0 Å². The molecule has 5 heteroatoms. The monoisotopic (exact) mass is 219 g/mol. The Bertz CT molecular complexity index is 186. The fraction of sp³-hybridized carbons (Fsp3) is 0.900. The molecule has 0 fully saturated rings. The number of carboxylic acids is 1. The van der Waals surface area contributed by atoms with Gasteiger partial charge in [0.1, 0.15) is 6.04 Å². The van der Waals surface area contributed by atoms with Crippen LogP contribution in [0.3, 0.4) is 0 Å². The number of aliphatic hydroxyl groups excluding tert-OH is 1. The minimum atomic E-state index is -0.844. The average molecular weight is 219 g/mol. The summed E-state index contributed by atoms with van der Waals surface area (Å²) in [6.45, 7) is 2.48. The fourth-order valence-electron chi connectivity index (χ4n) is 1.51. The Morgan fingerprint density at radius 2 is 2.13 bits per heavy atom. The van der Waals surface area contributed by atoms with Crippen molar-refractivity contribution in [1.82, 2.24) is 4.90 Å². The first kappa shape index (κ1) is 14.3. The molecule has 0 rings (SSSR count). The molecular formula is C10H21NO4. The number of likely N-dealkylation sites (N-methyl/N-ethyl adjacent to an activating group) is 1. The average Bonchev–Trinajstić information content (AvgIpc) is 2.13. The summed E-state index contributed by atoms with van der Waals surface area (Å²) in [7, 11) is 3.21. The van der Waals surface area contributed by atoms with Crippen molar-refractivity contribution in [1.29, 1.82) is 0 Å². The summed E-state index contributed by atoms with van der Waals surface area (Å²) in [6, 6.07) is -0.526. The third kappa shape index (κ3) is 5.71. The number of aliphatic carboxylic acids is 1. The lowest BCUT2D eigenvalue weighted by molar-refractivity contribution is -0.143. The Hall–Kier alpha value is -0.650. The molecule has 0 aliphatic heterocycles. The van der Waals surface area contributed by atoms with Crippen molar-refractivity contribution >= 4 is 5.97 Å². The topological polar surface area (TPSA) is 70.0 Å². The van der Waals surface area contributed by atoms with Gasteiger partial charge in [0, 0.05) is 13.7 Å². The number of aliphatic hydroxyl groups is 1. The number of hydrogen-bond acceptors (Lipinski definition) is 4. The van der Waals surface area contributed by atoms with Crippen LogP contribution < -0.4 is 0 Å². The van der Waals surface area contributed by atoms with Gasteiger partial charge in [0.25, 0.3) is 0 Å². The third-order valence-corrected chi connectivity index (χ3v) is 2.24. The molecule has 0 saturated heterocycles. The molecule has 0 bridgehead atoms. The van der Waals surface area contributed by atoms with Crippen molar-refractivity contribution < 1.29 is 19.7 Å². The first-order valence-corrected chi connectivity index (χ1v) is 5.13. The molecule has 0 aliphatic rings. The van der Waals surface area contributed by atoms with E-state index < -0.39 is 18.1 Å². The maximum absolute atomic E-state index is 10.9. The lowest BCUT2D eigenvalue weighted by Crippen LogP contribution is -2.43. The minimum absolute atomic E-state index is 0.225. The lowest BCUT2D eigenvalue weighted by Gasteiger charge is -2.26. The van der Waals surface area contributed by atoms with Gasteiger partial charge in [-0.3, -0.25) is 9.69 Å². The van der Waals surface area contributed by atoms with Gasteiger partial charge in [-0.15, -0.1) is 0 Å². The van der Waals surface area contributed by atoms with E-state index in [0.29, 0.717) is 13.0 Å². The molecule has 2 atom stereocenters. The summed E-state index contributed by atoms with van der Waals surface area (Å²) < 4.78 is 4.78. The Morgan fingerprint density at radius 1 is 1.53 bits per heavy atom. The zero-order valence-corrected chi connectivity index (χ0v) is 9.64. The molecule has 0 saturated carbocycles. The SMILES string of the molecule is CCCC(C(=O)O)N(C)CC(O)COC. The van der Waals surface area contributed by atoms with Gasteiger partial charge in [0.2, 0.25) is 0 Å². The van der Waals surface area contributed by atoms with Crippen molar-refractivity contribution in [3.8, 4) is 0 Å². The predicted molar refractivity (Wildman–Crippen MR) is 56.8 cm³/mol. The molecule has 0 spiro atoms. The summed E-state index contributed by atoms with van der Waals surface area (Å²) in [6.07, 6.45) is 0.756. The highest BCUT2D eigenvalue weighted by Crippen LogP contribution is 2.06. The molecule has 2 unspecified atom stereocenters. The highest BCUT2D eigenvalue weighted by atomic mass is 16.5. The van der Waals surface area contributed by atoms with Gasteiger partial charge >= 0.3 is 5.97 Å². The predicted octanol–water partition coefficient (Wildman–Crippen LogP) is 0.179. The second-order valence-corrected chi connectivity index (χ2v) is 3.69. The van der Waals surface area contributed by atoms with Gasteiger partial charge in [0.05, 0.1) is 12.7 Å². The standard InChI is InChI=1S/C10H21NO4/c1-4-5-9(10(13)14)11(2)6-8(12)7-15-3/h8-9,12H,4-7H2,1-3H3,(H,13,14). The van der Waals surface area contributed by atoms with Crippen molar-refractivity contribution in [3.63, 3.8) is 0 Å². The van der Waals surface area contributed by atoms with E-state index >= 15 is 0 Å². The largest absolute Gasteiger partial charge is 0.480 e. The van der Waals surface area contributed by atoms with Crippen LogP contribution in [-0.4, -0.2) is 60.5 Å². The molecule has 0 amide bonds. The van der Waals surface area contributed by atoms with Crippen molar-refractivity contribution in [3.05, 3.63) is 0 Å². The van der Waals surface area contributed by atoms with Crippen LogP contribution in [0.2, 0.25) is 0 Å². The highest BCUT2D eigenvalue weighted by molar-refractivity contribution is 5.73. The van der Waals surface area contributed by atoms with E-state index in [9.17, 15) is 9.90 Å². The van der Waals surface area contributed by atoms with Crippen molar-refractivity contribution in [2.45, 2.75) is 31.9 Å². The molecule has 0 aromatic carbocycles. The lowest BCUT2D eigenvalue weighted by atomic mass is 10.1. The molecule has 0 radical (unpaired) electrons. The fourth-order valence-corrected chi connectivity index (χ4v) is 1.51. The maximum Gasteiger partial charge on any atom is 0.320 e. The zero-order valence-electron chi connectivity index (χ0n) is 9.64. The molecule has 2 N–H and O–H groups in total. The second kappa shape index (κ2) is 7.62. The Morgan fingerprint density at radius 3 is 2.53 bits per heavy atom. The van der Waals surface area contributed by atoms with E-state index in [-0.39, 0.29) is 6.61 Å². The molecule has 0 aromatic heterocycles. The quantitative estimate of drug-likeness (QED) is 0.609. The van der Waals surface area contributed by atoms with Gasteiger partial charge in [-0.2, -0.15) is 0 Å². The van der Waals surface area contributed by atoms with Crippen LogP contribution >= 0.6 is 0 Å². The van der Waals surface area contributed by atoms with Crippen LogP contribution in [0.4, 0.5) is 0 Å². The Kier molecular flexibility index (Phi) is 7.29. The van der Waals surface area contributed by atoms with Gasteiger partial charge in [0.15, 0.2) is 0 Å². The van der Waals surface area contributed by atoms with Crippen LogP contribution in [0.15, 0.2) is 0 Å². The van der Waals surface area contributed by atoms with E-state index in [0.717, 1.165) is 6.42 Å². The number of carboxylic acid groups (broad SMARTS) is 1. The normalized spacial score (nSPS) is 15.3. The molecule has 15 heavy (non-hydrogen) atoms. The summed E-state index contributed by atoms with van der Waals surface area (Å²) in [5.41, 5.74) is 0. The first-order valence-electron chi connectivity index (χ1n) is 5.13. The smallest absolute Gasteiger partial charge is 0.320 e. The molecule has 0 aliphatic carbocycles. The summed E-state index contributed by atoms with van der Waals surface area (Å²) in [5, 5.41) is 18.4. The van der Waals surface area contributed by atoms with E-state index in [2.05, 4.69) is 0 Å². The number of carbonyl (C=O) groups is 1. The Balaban J connectivity index is 4.12. The Labute approximate surface area is 90.6 Å². The zero-order chi connectivity index (χ0) is 11.8. The minimum Gasteiger partial charge on any atom is -0.480 e. The van der Waals surface area contributed by atoms with Crippen LogP contribution in [0.25, 0.3) is 0 Å². The number of rotatable bonds is 8. The van der Waals surface area contributed by atoms with Crippen LogP contribution in [-0.2, 0) is 9.53 Å². The van der Waals surface area contributed by atoms with E-state index in [1.807, 2.05) is 6.92 Å². The molecule has 5 nitrogen and oxygen atoms in total. The molecule has 0 heterocycles. The van der Waals surface area contributed by atoms with Crippen LogP contribution in [0, 0.1) is 0 Å². The number of hydrogen-bond donors (Lipinski definition) is 2. The van der Waals surface area contributed by atoms with Crippen molar-refractivity contribution in [2.75, 3.05) is 27.3 Å². The maximum atomic E-state index is 10.9. The number of ether oxygens (including phenoxy) is 1. The van der Waals surface area contributed by atoms with Crippen molar-refractivity contribution in [2.24, 2.45) is 0 Å². The highest BCUT2D eigenvalue weighted by Gasteiger charge is 2.23. The molecular weight excluding hydrogens is 198 g/mol. The van der Waals surface area contributed by atoms with E-state index in [4.69, 9.17) is 9.84 Å².